The van der Waals surface area contributed by atoms with E-state index >= 15 is 0 Å². The molecule has 19 heavy (non-hydrogen) atoms. The maximum atomic E-state index is 10.4. The van der Waals surface area contributed by atoms with Crippen LogP contribution in [-0.4, -0.2) is 59.8 Å². The molecule has 3 nitrogen and oxygen atoms in total. The van der Waals surface area contributed by atoms with Gasteiger partial charge in [-0.25, -0.2) is 0 Å². The molecule has 1 saturated carbocycles. The summed E-state index contributed by atoms with van der Waals surface area (Å²) in [5.74, 6) is 0.592. The highest BCUT2D eigenvalue weighted by molar-refractivity contribution is 4.87. The summed E-state index contributed by atoms with van der Waals surface area (Å²) in [7, 11) is 0. The highest BCUT2D eigenvalue weighted by atomic mass is 16.3. The molecule has 3 fully saturated rings. The van der Waals surface area contributed by atoms with Gasteiger partial charge in [0.2, 0.25) is 0 Å². The van der Waals surface area contributed by atoms with Crippen molar-refractivity contribution in [3.05, 3.63) is 0 Å². The van der Waals surface area contributed by atoms with Crippen LogP contribution < -0.4 is 0 Å². The molecule has 2 saturated heterocycles. The maximum Gasteiger partial charge on any atom is 0.0695 e. The van der Waals surface area contributed by atoms with E-state index in [2.05, 4.69) is 9.80 Å². The number of hydrogen-bond acceptors (Lipinski definition) is 3. The summed E-state index contributed by atoms with van der Waals surface area (Å²) in [5, 5.41) is 10.4. The molecule has 3 rings (SSSR count). The molecule has 0 spiro atoms. The van der Waals surface area contributed by atoms with Gasteiger partial charge < -0.3 is 5.11 Å². The second-order valence-corrected chi connectivity index (χ2v) is 6.91. The number of β-amino-alcohol motifs (C(OH)–C–C–N with tert-alkyl or cyclic N) is 1. The highest BCUT2D eigenvalue weighted by Crippen LogP contribution is 2.29. The zero-order chi connectivity index (χ0) is 13.1. The SMILES string of the molecule is OC(CN1CCC(N2CCCCC2)C1)C1CCCC1. The third-order valence-electron chi connectivity index (χ3n) is 5.54. The van der Waals surface area contributed by atoms with Crippen LogP contribution >= 0.6 is 0 Å². The molecule has 3 heteroatoms. The Hall–Kier alpha value is -0.120. The van der Waals surface area contributed by atoms with Gasteiger partial charge in [0.25, 0.3) is 0 Å². The first-order chi connectivity index (χ1) is 9.33. The van der Waals surface area contributed by atoms with Crippen molar-refractivity contribution in [2.45, 2.75) is 63.5 Å². The van der Waals surface area contributed by atoms with Crippen LogP contribution in [0, 0.1) is 5.92 Å². The van der Waals surface area contributed by atoms with Crippen molar-refractivity contribution >= 4 is 0 Å². The van der Waals surface area contributed by atoms with Crippen LogP contribution in [0.4, 0.5) is 0 Å². The van der Waals surface area contributed by atoms with E-state index in [0.29, 0.717) is 5.92 Å². The summed E-state index contributed by atoms with van der Waals surface area (Å²) in [6.45, 7) is 5.94. The predicted octanol–water partition coefficient (Wildman–Crippen LogP) is 2.10. The van der Waals surface area contributed by atoms with E-state index < -0.39 is 0 Å². The smallest absolute Gasteiger partial charge is 0.0695 e. The van der Waals surface area contributed by atoms with E-state index in [1.807, 2.05) is 0 Å². The molecule has 0 amide bonds. The van der Waals surface area contributed by atoms with E-state index in [0.717, 1.165) is 12.6 Å². The van der Waals surface area contributed by atoms with Crippen LogP contribution in [0.3, 0.4) is 0 Å². The van der Waals surface area contributed by atoms with Gasteiger partial charge >= 0.3 is 0 Å². The van der Waals surface area contributed by atoms with Gasteiger partial charge in [-0.1, -0.05) is 19.3 Å². The van der Waals surface area contributed by atoms with Gasteiger partial charge in [0.15, 0.2) is 0 Å². The topological polar surface area (TPSA) is 26.7 Å². The predicted molar refractivity (Wildman–Crippen MR) is 78.2 cm³/mol. The van der Waals surface area contributed by atoms with Crippen molar-refractivity contribution in [2.24, 2.45) is 5.92 Å². The fourth-order valence-electron chi connectivity index (χ4n) is 4.32. The minimum Gasteiger partial charge on any atom is -0.392 e. The molecule has 110 valence electrons. The average molecular weight is 266 g/mol. The second kappa shape index (κ2) is 6.55. The molecular formula is C16H30N2O. The largest absolute Gasteiger partial charge is 0.392 e. The molecule has 2 heterocycles. The van der Waals surface area contributed by atoms with Gasteiger partial charge in [0.05, 0.1) is 6.10 Å². The monoisotopic (exact) mass is 266 g/mol. The van der Waals surface area contributed by atoms with E-state index in [4.69, 9.17) is 0 Å². The third-order valence-corrected chi connectivity index (χ3v) is 5.54. The molecular weight excluding hydrogens is 236 g/mol. The third kappa shape index (κ3) is 3.50. The fourth-order valence-corrected chi connectivity index (χ4v) is 4.32. The Kier molecular flexibility index (Phi) is 4.78. The first kappa shape index (κ1) is 13.8. The van der Waals surface area contributed by atoms with Crippen LogP contribution in [0.2, 0.25) is 0 Å². The van der Waals surface area contributed by atoms with Crippen molar-refractivity contribution in [3.8, 4) is 0 Å². The van der Waals surface area contributed by atoms with Gasteiger partial charge in [0.1, 0.15) is 0 Å². The Morgan fingerprint density at radius 3 is 2.37 bits per heavy atom. The number of likely N-dealkylation sites (tertiary alicyclic amines) is 2. The highest BCUT2D eigenvalue weighted by Gasteiger charge is 2.31. The zero-order valence-corrected chi connectivity index (χ0v) is 12.3. The lowest BCUT2D eigenvalue weighted by atomic mass is 10.0. The minimum atomic E-state index is -0.0670. The second-order valence-electron chi connectivity index (χ2n) is 6.91. The van der Waals surface area contributed by atoms with Crippen LogP contribution in [0.25, 0.3) is 0 Å². The van der Waals surface area contributed by atoms with E-state index in [1.54, 1.807) is 0 Å². The molecule has 2 atom stereocenters. The molecule has 0 aromatic rings. The standard InChI is InChI=1S/C16H30N2O/c19-16(14-6-2-3-7-14)13-17-11-8-15(12-17)18-9-4-1-5-10-18/h14-16,19H,1-13H2. The molecule has 0 radical (unpaired) electrons. The fraction of sp³-hybridized carbons (Fsp3) is 1.00. The van der Waals surface area contributed by atoms with E-state index in [1.165, 1.54) is 77.5 Å². The normalized spacial score (nSPS) is 33.0. The number of hydrogen-bond donors (Lipinski definition) is 1. The molecule has 2 aliphatic heterocycles. The molecule has 0 bridgehead atoms. The Bertz CT molecular complexity index is 272. The Morgan fingerprint density at radius 1 is 0.895 bits per heavy atom. The zero-order valence-electron chi connectivity index (χ0n) is 12.3. The van der Waals surface area contributed by atoms with E-state index in [-0.39, 0.29) is 6.10 Å². The number of nitrogens with zero attached hydrogens (tertiary/aromatic N) is 2. The average Bonchev–Trinajstić information content (AvgIpc) is 3.11. The Balaban J connectivity index is 1.43. The van der Waals surface area contributed by atoms with Crippen LogP contribution in [0.5, 0.6) is 0 Å². The number of aliphatic hydroxyl groups excluding tert-OH is 1. The summed E-state index contributed by atoms with van der Waals surface area (Å²) in [5.41, 5.74) is 0. The summed E-state index contributed by atoms with van der Waals surface area (Å²) in [6.07, 6.45) is 10.6. The van der Waals surface area contributed by atoms with Gasteiger partial charge in [-0.3, -0.25) is 9.80 Å². The molecule has 0 aromatic heterocycles. The van der Waals surface area contributed by atoms with Gasteiger partial charge in [0, 0.05) is 19.1 Å². The van der Waals surface area contributed by atoms with Crippen LogP contribution in [0.1, 0.15) is 51.4 Å². The molecule has 0 aromatic carbocycles. The molecule has 2 unspecified atom stereocenters. The summed E-state index contributed by atoms with van der Waals surface area (Å²) in [4.78, 5) is 5.22. The maximum absolute atomic E-state index is 10.4. The van der Waals surface area contributed by atoms with Gasteiger partial charge in [-0.15, -0.1) is 0 Å². The first-order valence-corrected chi connectivity index (χ1v) is 8.47. The molecule has 1 aliphatic carbocycles. The van der Waals surface area contributed by atoms with E-state index in [9.17, 15) is 5.11 Å². The summed E-state index contributed by atoms with van der Waals surface area (Å²) in [6, 6.07) is 0.774. The van der Waals surface area contributed by atoms with Gasteiger partial charge in [-0.05, 0) is 57.7 Å². The lowest BCUT2D eigenvalue weighted by Crippen LogP contribution is -2.42. The van der Waals surface area contributed by atoms with Crippen molar-refractivity contribution in [2.75, 3.05) is 32.7 Å². The Morgan fingerprint density at radius 2 is 1.63 bits per heavy atom. The number of piperidine rings is 1. The molecule has 3 aliphatic rings. The summed E-state index contributed by atoms with van der Waals surface area (Å²) >= 11 is 0. The number of aliphatic hydroxyl groups is 1. The van der Waals surface area contributed by atoms with Gasteiger partial charge in [-0.2, -0.15) is 0 Å². The minimum absolute atomic E-state index is 0.0670. The summed E-state index contributed by atoms with van der Waals surface area (Å²) < 4.78 is 0. The lowest BCUT2D eigenvalue weighted by Gasteiger charge is -2.32. The van der Waals surface area contributed by atoms with Crippen molar-refractivity contribution in [1.29, 1.82) is 0 Å². The quantitative estimate of drug-likeness (QED) is 0.844. The van der Waals surface area contributed by atoms with Crippen LogP contribution in [-0.2, 0) is 0 Å². The number of rotatable bonds is 4. The van der Waals surface area contributed by atoms with Crippen molar-refractivity contribution in [3.63, 3.8) is 0 Å². The first-order valence-electron chi connectivity index (χ1n) is 8.47. The molecule has 1 N–H and O–H groups in total. The van der Waals surface area contributed by atoms with Crippen molar-refractivity contribution in [1.82, 2.24) is 9.80 Å². The van der Waals surface area contributed by atoms with Crippen LogP contribution in [0.15, 0.2) is 0 Å². The lowest BCUT2D eigenvalue weighted by molar-refractivity contribution is 0.0696. The Labute approximate surface area is 118 Å². The van der Waals surface area contributed by atoms with Crippen molar-refractivity contribution < 1.29 is 5.11 Å².